The average Bonchev–Trinajstić information content (AvgIpc) is 2.74. The SMILES string of the molecule is Nc1c2c(cc(=O)n1-c1c(Br)cccc1C(=O)O)C(=O)NC2=O. The zero-order valence-corrected chi connectivity index (χ0v) is 12.9. The molecular weight excluding hydrogens is 370 g/mol. The first kappa shape index (κ1) is 15.0. The second-order valence-corrected chi connectivity index (χ2v) is 5.57. The largest absolute Gasteiger partial charge is 0.478 e. The molecule has 0 unspecified atom stereocenters. The average molecular weight is 378 g/mol. The molecule has 2 aromatic rings. The molecule has 0 fully saturated rings. The number of carbonyl (C=O) groups excluding carboxylic acids is 2. The maximum atomic E-state index is 12.4. The number of carbonyl (C=O) groups is 3. The number of para-hydroxylation sites is 1. The lowest BCUT2D eigenvalue weighted by molar-refractivity contribution is 0.0696. The standard InChI is InChI=1S/C14H8BrN3O5/c15-7-3-1-2-5(14(22)23)10(7)18-8(19)4-6-9(11(18)16)13(21)17-12(6)20/h1-4H,16H2,(H,22,23)(H,17,20,21). The minimum Gasteiger partial charge on any atom is -0.478 e. The van der Waals surface area contributed by atoms with Crippen LogP contribution in [0.3, 0.4) is 0 Å². The number of hydrogen-bond donors (Lipinski definition) is 3. The molecule has 0 atom stereocenters. The molecule has 8 nitrogen and oxygen atoms in total. The number of anilines is 1. The molecule has 0 radical (unpaired) electrons. The predicted octanol–water partition coefficient (Wildman–Crippen LogP) is 0.764. The summed E-state index contributed by atoms with van der Waals surface area (Å²) in [5.74, 6) is -3.02. The molecule has 1 aromatic heterocycles. The Morgan fingerprint density at radius 2 is 1.91 bits per heavy atom. The number of nitrogens with two attached hydrogens (primary N) is 1. The second-order valence-electron chi connectivity index (χ2n) is 4.72. The van der Waals surface area contributed by atoms with Crippen LogP contribution in [0.1, 0.15) is 31.1 Å². The van der Waals surface area contributed by atoms with Gasteiger partial charge in [0.05, 0.1) is 22.4 Å². The Balaban J connectivity index is 2.43. The molecule has 3 rings (SSSR count). The quantitative estimate of drug-likeness (QED) is 0.662. The van der Waals surface area contributed by atoms with E-state index in [2.05, 4.69) is 15.9 Å². The lowest BCUT2D eigenvalue weighted by Crippen LogP contribution is -2.26. The number of hydrogen-bond acceptors (Lipinski definition) is 5. The highest BCUT2D eigenvalue weighted by atomic mass is 79.9. The number of pyridine rings is 1. The van der Waals surface area contributed by atoms with E-state index in [-0.39, 0.29) is 28.2 Å². The fraction of sp³-hybridized carbons (Fsp3) is 0. The molecule has 2 amide bonds. The van der Waals surface area contributed by atoms with Crippen molar-refractivity contribution < 1.29 is 19.5 Å². The Kier molecular flexibility index (Phi) is 3.29. The fourth-order valence-electron chi connectivity index (χ4n) is 2.43. The molecule has 0 aliphatic carbocycles. The smallest absolute Gasteiger partial charge is 0.337 e. The molecule has 2 heterocycles. The highest BCUT2D eigenvalue weighted by molar-refractivity contribution is 9.10. The summed E-state index contributed by atoms with van der Waals surface area (Å²) in [7, 11) is 0. The van der Waals surface area contributed by atoms with Gasteiger partial charge in [-0.25, -0.2) is 4.79 Å². The van der Waals surface area contributed by atoms with Crippen molar-refractivity contribution in [3.63, 3.8) is 0 Å². The molecular formula is C14H8BrN3O5. The lowest BCUT2D eigenvalue weighted by atomic mass is 10.1. The van der Waals surface area contributed by atoms with Gasteiger partial charge in [-0.2, -0.15) is 0 Å². The zero-order chi connectivity index (χ0) is 16.9. The van der Waals surface area contributed by atoms with Gasteiger partial charge in [0, 0.05) is 10.5 Å². The van der Waals surface area contributed by atoms with Crippen LogP contribution in [0.15, 0.2) is 33.5 Å². The van der Waals surface area contributed by atoms with Crippen LogP contribution >= 0.6 is 15.9 Å². The number of nitrogen functional groups attached to an aromatic ring is 1. The number of carboxylic acids is 1. The van der Waals surface area contributed by atoms with Crippen molar-refractivity contribution in [1.82, 2.24) is 9.88 Å². The van der Waals surface area contributed by atoms with Gasteiger partial charge in [0.2, 0.25) is 0 Å². The third kappa shape index (κ3) is 2.13. The van der Waals surface area contributed by atoms with Crippen LogP contribution < -0.4 is 16.6 Å². The highest BCUT2D eigenvalue weighted by Gasteiger charge is 2.32. The van der Waals surface area contributed by atoms with Crippen molar-refractivity contribution in [3.05, 3.63) is 55.8 Å². The number of rotatable bonds is 2. The number of nitrogens with one attached hydrogen (secondary N) is 1. The Labute approximate surface area is 136 Å². The first-order valence-corrected chi connectivity index (χ1v) is 7.05. The molecule has 0 spiro atoms. The monoisotopic (exact) mass is 377 g/mol. The number of benzene rings is 1. The molecule has 23 heavy (non-hydrogen) atoms. The maximum absolute atomic E-state index is 12.4. The third-order valence-electron chi connectivity index (χ3n) is 3.39. The molecule has 4 N–H and O–H groups in total. The van der Waals surface area contributed by atoms with Crippen molar-refractivity contribution in [2.75, 3.05) is 5.73 Å². The van der Waals surface area contributed by atoms with Crippen molar-refractivity contribution in [1.29, 1.82) is 0 Å². The van der Waals surface area contributed by atoms with Crippen molar-refractivity contribution in [2.45, 2.75) is 0 Å². The van der Waals surface area contributed by atoms with Crippen LogP contribution in [-0.2, 0) is 0 Å². The first-order valence-electron chi connectivity index (χ1n) is 6.26. The third-order valence-corrected chi connectivity index (χ3v) is 4.03. The van der Waals surface area contributed by atoms with E-state index in [0.29, 0.717) is 4.47 Å². The summed E-state index contributed by atoms with van der Waals surface area (Å²) in [5, 5.41) is 11.4. The highest BCUT2D eigenvalue weighted by Crippen LogP contribution is 2.29. The summed E-state index contributed by atoms with van der Waals surface area (Å²) in [4.78, 5) is 47.2. The predicted molar refractivity (Wildman–Crippen MR) is 82.9 cm³/mol. The van der Waals surface area contributed by atoms with Crippen LogP contribution in [0.2, 0.25) is 0 Å². The summed E-state index contributed by atoms with van der Waals surface area (Å²) < 4.78 is 1.20. The number of aromatic carboxylic acids is 1. The summed E-state index contributed by atoms with van der Waals surface area (Å²) in [6.45, 7) is 0. The van der Waals surface area contributed by atoms with Crippen molar-refractivity contribution in [2.24, 2.45) is 0 Å². The summed E-state index contributed by atoms with van der Waals surface area (Å²) >= 11 is 3.18. The van der Waals surface area contributed by atoms with Gasteiger partial charge in [-0.3, -0.25) is 24.3 Å². The topological polar surface area (TPSA) is 131 Å². The van der Waals surface area contributed by atoms with E-state index in [9.17, 15) is 24.3 Å². The Hall–Kier alpha value is -2.94. The van der Waals surface area contributed by atoms with Gasteiger partial charge < -0.3 is 10.8 Å². The van der Waals surface area contributed by atoms with E-state index in [0.717, 1.165) is 10.6 Å². The van der Waals surface area contributed by atoms with E-state index < -0.39 is 23.3 Å². The van der Waals surface area contributed by atoms with Gasteiger partial charge >= 0.3 is 5.97 Å². The van der Waals surface area contributed by atoms with Crippen molar-refractivity contribution in [3.8, 4) is 5.69 Å². The Morgan fingerprint density at radius 1 is 1.22 bits per heavy atom. The fourth-order valence-corrected chi connectivity index (χ4v) is 2.97. The number of carboxylic acid groups (broad SMARTS) is 1. The lowest BCUT2D eigenvalue weighted by Gasteiger charge is -2.15. The maximum Gasteiger partial charge on any atom is 0.337 e. The van der Waals surface area contributed by atoms with Crippen LogP contribution in [0.25, 0.3) is 5.69 Å². The zero-order valence-electron chi connectivity index (χ0n) is 11.3. The number of imide groups is 1. The van der Waals surface area contributed by atoms with E-state index in [1.165, 1.54) is 18.2 Å². The second kappa shape index (κ2) is 5.06. The molecule has 0 saturated heterocycles. The Morgan fingerprint density at radius 3 is 2.57 bits per heavy atom. The number of fused-ring (bicyclic) bond motifs is 1. The molecule has 1 aliphatic rings. The van der Waals surface area contributed by atoms with Gasteiger partial charge in [0.15, 0.2) is 0 Å². The molecule has 9 heteroatoms. The number of halogens is 1. The first-order chi connectivity index (χ1) is 10.8. The minimum atomic E-state index is -1.27. The van der Waals surface area contributed by atoms with E-state index in [4.69, 9.17) is 5.73 Å². The van der Waals surface area contributed by atoms with Crippen LogP contribution in [0.5, 0.6) is 0 Å². The van der Waals surface area contributed by atoms with Crippen LogP contribution in [0.4, 0.5) is 5.82 Å². The molecule has 1 aromatic carbocycles. The van der Waals surface area contributed by atoms with E-state index >= 15 is 0 Å². The van der Waals surface area contributed by atoms with Crippen LogP contribution in [0, 0.1) is 0 Å². The number of aromatic nitrogens is 1. The molecule has 0 saturated carbocycles. The van der Waals surface area contributed by atoms with Gasteiger partial charge in [0.25, 0.3) is 17.4 Å². The van der Waals surface area contributed by atoms with Gasteiger partial charge in [-0.05, 0) is 28.1 Å². The molecule has 0 bridgehead atoms. The molecule has 116 valence electrons. The van der Waals surface area contributed by atoms with Gasteiger partial charge in [-0.15, -0.1) is 0 Å². The van der Waals surface area contributed by atoms with Gasteiger partial charge in [-0.1, -0.05) is 6.07 Å². The normalized spacial score (nSPS) is 12.9. The summed E-state index contributed by atoms with van der Waals surface area (Å²) in [6, 6.07) is 5.28. The number of amides is 2. The van der Waals surface area contributed by atoms with Crippen LogP contribution in [-0.4, -0.2) is 27.5 Å². The Bertz CT molecular complexity index is 964. The van der Waals surface area contributed by atoms with E-state index in [1.54, 1.807) is 0 Å². The van der Waals surface area contributed by atoms with E-state index in [1.807, 2.05) is 5.32 Å². The number of nitrogens with zero attached hydrogens (tertiary/aromatic N) is 1. The minimum absolute atomic E-state index is 0.0163. The van der Waals surface area contributed by atoms with Crippen molar-refractivity contribution >= 4 is 39.5 Å². The summed E-state index contributed by atoms with van der Waals surface area (Å²) in [6.07, 6.45) is 0. The summed E-state index contributed by atoms with van der Waals surface area (Å²) in [5.41, 5.74) is 4.70. The molecule has 1 aliphatic heterocycles. The van der Waals surface area contributed by atoms with Gasteiger partial charge in [0.1, 0.15) is 5.82 Å².